The summed E-state index contributed by atoms with van der Waals surface area (Å²) >= 11 is 5.81. The quantitative estimate of drug-likeness (QED) is 0.570. The number of nitrogens with zero attached hydrogens (tertiary/aromatic N) is 2. The molecule has 31 heavy (non-hydrogen) atoms. The Hall–Kier alpha value is -3.38. The summed E-state index contributed by atoms with van der Waals surface area (Å²) < 4.78 is 15.5. The summed E-state index contributed by atoms with van der Waals surface area (Å²) in [4.78, 5) is 26.0. The van der Waals surface area contributed by atoms with Gasteiger partial charge in [0.05, 0.1) is 5.02 Å². The van der Waals surface area contributed by atoms with Gasteiger partial charge in [-0.3, -0.25) is 9.59 Å². The van der Waals surface area contributed by atoms with Crippen molar-refractivity contribution in [3.8, 4) is 11.1 Å². The van der Waals surface area contributed by atoms with Crippen LogP contribution in [0.2, 0.25) is 5.02 Å². The Morgan fingerprint density at radius 3 is 2.61 bits per heavy atom. The Kier molecular flexibility index (Phi) is 6.61. The number of aromatic nitrogens is 1. The minimum Gasteiger partial charge on any atom is -0.373 e. The second-order valence-electron chi connectivity index (χ2n) is 7.42. The molecule has 0 bridgehead atoms. The van der Waals surface area contributed by atoms with Gasteiger partial charge >= 0.3 is 0 Å². The number of carbonyl (C=O) groups excluding carboxylic acids is 1. The van der Waals surface area contributed by atoms with Crippen molar-refractivity contribution in [3.05, 3.63) is 93.6 Å². The van der Waals surface area contributed by atoms with Gasteiger partial charge in [0, 0.05) is 38.6 Å². The number of carbonyl (C=O) groups is 1. The van der Waals surface area contributed by atoms with Crippen molar-refractivity contribution >= 4 is 28.9 Å². The summed E-state index contributed by atoms with van der Waals surface area (Å²) in [6.07, 6.45) is 3.38. The number of rotatable bonds is 6. The van der Waals surface area contributed by atoms with Crippen molar-refractivity contribution in [1.29, 1.82) is 0 Å². The van der Waals surface area contributed by atoms with Gasteiger partial charge in [-0.2, -0.15) is 0 Å². The number of hydrogen-bond acceptors (Lipinski definition) is 3. The Morgan fingerprint density at radius 2 is 1.97 bits per heavy atom. The molecule has 7 heteroatoms. The van der Waals surface area contributed by atoms with Gasteiger partial charge in [-0.05, 0) is 59.5 Å². The molecule has 2 aromatic carbocycles. The van der Waals surface area contributed by atoms with Crippen molar-refractivity contribution in [2.45, 2.75) is 6.42 Å². The second-order valence-corrected chi connectivity index (χ2v) is 7.82. The molecule has 1 amide bonds. The van der Waals surface area contributed by atoms with E-state index in [1.165, 1.54) is 22.8 Å². The van der Waals surface area contributed by atoms with E-state index in [0.717, 1.165) is 22.3 Å². The van der Waals surface area contributed by atoms with Gasteiger partial charge in [-0.15, -0.1) is 0 Å². The van der Waals surface area contributed by atoms with Crippen LogP contribution in [-0.4, -0.2) is 24.6 Å². The standard InChI is InChI=1S/C24H23ClFN3O2/c1-5-23(30)27-18-8-7-16(10-15-6-9-20(25)21(26)11-15)19(13-18)17-12-22(28(2)3)24(31)29(4)14-17/h5-9,11-14H,1,10H2,2-4H3,(H,27,30). The monoisotopic (exact) mass is 439 g/mol. The third-order valence-corrected chi connectivity index (χ3v) is 5.21. The van der Waals surface area contributed by atoms with Crippen molar-refractivity contribution in [2.75, 3.05) is 24.3 Å². The first-order valence-electron chi connectivity index (χ1n) is 9.58. The predicted octanol–water partition coefficient (Wildman–Crippen LogP) is 4.63. The number of benzene rings is 2. The highest BCUT2D eigenvalue weighted by Crippen LogP contribution is 2.30. The summed E-state index contributed by atoms with van der Waals surface area (Å²) in [7, 11) is 5.30. The molecule has 0 aliphatic rings. The highest BCUT2D eigenvalue weighted by molar-refractivity contribution is 6.30. The van der Waals surface area contributed by atoms with Crippen LogP contribution in [0.4, 0.5) is 15.8 Å². The number of halogens is 2. The first-order valence-corrected chi connectivity index (χ1v) is 9.96. The molecule has 0 fully saturated rings. The molecule has 0 aliphatic carbocycles. The number of pyridine rings is 1. The first-order chi connectivity index (χ1) is 14.7. The van der Waals surface area contributed by atoms with Crippen LogP contribution in [-0.2, 0) is 18.3 Å². The van der Waals surface area contributed by atoms with Crippen LogP contribution in [0, 0.1) is 5.82 Å². The molecule has 3 aromatic rings. The molecule has 1 aromatic heterocycles. The molecule has 0 unspecified atom stereocenters. The van der Waals surface area contributed by atoms with Crippen LogP contribution in [0.5, 0.6) is 0 Å². The number of hydrogen-bond donors (Lipinski definition) is 1. The fourth-order valence-corrected chi connectivity index (χ4v) is 3.42. The molecule has 0 spiro atoms. The normalized spacial score (nSPS) is 10.6. The number of amides is 1. The van der Waals surface area contributed by atoms with Crippen LogP contribution in [0.1, 0.15) is 11.1 Å². The van der Waals surface area contributed by atoms with E-state index < -0.39 is 5.82 Å². The Balaban J connectivity index is 2.16. The average Bonchev–Trinajstić information content (AvgIpc) is 2.73. The third kappa shape index (κ3) is 5.03. The minimum atomic E-state index is -0.479. The third-order valence-electron chi connectivity index (χ3n) is 4.90. The fraction of sp³-hybridized carbons (Fsp3) is 0.167. The second kappa shape index (κ2) is 9.18. The van der Waals surface area contributed by atoms with Gasteiger partial charge < -0.3 is 14.8 Å². The molecule has 160 valence electrons. The van der Waals surface area contributed by atoms with E-state index >= 15 is 0 Å². The molecular formula is C24H23ClFN3O2. The summed E-state index contributed by atoms with van der Waals surface area (Å²) in [5.41, 5.74) is 4.27. The van der Waals surface area contributed by atoms with Gasteiger partial charge in [-0.25, -0.2) is 4.39 Å². The largest absolute Gasteiger partial charge is 0.373 e. The Bertz CT molecular complexity index is 1220. The van der Waals surface area contributed by atoms with E-state index in [2.05, 4.69) is 11.9 Å². The van der Waals surface area contributed by atoms with E-state index in [1.807, 2.05) is 18.2 Å². The van der Waals surface area contributed by atoms with Crippen LogP contribution < -0.4 is 15.8 Å². The van der Waals surface area contributed by atoms with Gasteiger partial charge in [0.2, 0.25) is 5.91 Å². The molecule has 5 nitrogen and oxygen atoms in total. The van der Waals surface area contributed by atoms with E-state index in [-0.39, 0.29) is 16.5 Å². The molecule has 0 saturated heterocycles. The van der Waals surface area contributed by atoms with Crippen molar-refractivity contribution in [2.24, 2.45) is 7.05 Å². The lowest BCUT2D eigenvalue weighted by molar-refractivity contribution is -0.111. The zero-order valence-electron chi connectivity index (χ0n) is 17.6. The topological polar surface area (TPSA) is 54.3 Å². The van der Waals surface area contributed by atoms with Crippen molar-refractivity contribution in [1.82, 2.24) is 4.57 Å². The molecule has 1 heterocycles. The number of anilines is 2. The van der Waals surface area contributed by atoms with Gasteiger partial charge in [0.25, 0.3) is 5.56 Å². The highest BCUT2D eigenvalue weighted by atomic mass is 35.5. The minimum absolute atomic E-state index is 0.0696. The zero-order valence-corrected chi connectivity index (χ0v) is 18.3. The van der Waals surface area contributed by atoms with Crippen LogP contribution >= 0.6 is 11.6 Å². The van der Waals surface area contributed by atoms with E-state index in [4.69, 9.17) is 11.6 Å². The van der Waals surface area contributed by atoms with E-state index in [9.17, 15) is 14.0 Å². The van der Waals surface area contributed by atoms with Gasteiger partial charge in [0.1, 0.15) is 11.5 Å². The lowest BCUT2D eigenvalue weighted by Crippen LogP contribution is -2.25. The molecular weight excluding hydrogens is 417 g/mol. The number of aryl methyl sites for hydroxylation is 1. The average molecular weight is 440 g/mol. The SMILES string of the molecule is C=CC(=O)Nc1ccc(Cc2ccc(Cl)c(F)c2)c(-c2cc(N(C)C)c(=O)n(C)c2)c1. The molecule has 0 atom stereocenters. The summed E-state index contributed by atoms with van der Waals surface area (Å²) in [6, 6.07) is 12.0. The van der Waals surface area contributed by atoms with Crippen molar-refractivity contribution < 1.29 is 9.18 Å². The van der Waals surface area contributed by atoms with Crippen LogP contribution in [0.3, 0.4) is 0 Å². The molecule has 0 saturated carbocycles. The maximum absolute atomic E-state index is 14.0. The molecule has 3 rings (SSSR count). The molecule has 0 radical (unpaired) electrons. The molecule has 1 N–H and O–H groups in total. The van der Waals surface area contributed by atoms with Gasteiger partial charge in [-0.1, -0.05) is 30.3 Å². The summed E-state index contributed by atoms with van der Waals surface area (Å²) in [6.45, 7) is 3.48. The lowest BCUT2D eigenvalue weighted by atomic mass is 9.94. The maximum atomic E-state index is 14.0. The lowest BCUT2D eigenvalue weighted by Gasteiger charge is -2.18. The number of nitrogens with one attached hydrogen (secondary N) is 1. The summed E-state index contributed by atoms with van der Waals surface area (Å²) in [5.74, 6) is -0.805. The summed E-state index contributed by atoms with van der Waals surface area (Å²) in [5, 5.41) is 2.83. The molecule has 0 aliphatic heterocycles. The predicted molar refractivity (Wildman–Crippen MR) is 124 cm³/mol. The smallest absolute Gasteiger partial charge is 0.273 e. The fourth-order valence-electron chi connectivity index (χ4n) is 3.30. The maximum Gasteiger partial charge on any atom is 0.273 e. The van der Waals surface area contributed by atoms with Gasteiger partial charge in [0.15, 0.2) is 0 Å². The Morgan fingerprint density at radius 1 is 1.23 bits per heavy atom. The van der Waals surface area contributed by atoms with E-state index in [0.29, 0.717) is 17.8 Å². The van der Waals surface area contributed by atoms with Crippen LogP contribution in [0.15, 0.2) is 66.1 Å². The van der Waals surface area contributed by atoms with E-state index in [1.54, 1.807) is 44.4 Å². The zero-order chi connectivity index (χ0) is 22.7. The first kappa shape index (κ1) is 22.3. The van der Waals surface area contributed by atoms with Crippen molar-refractivity contribution in [3.63, 3.8) is 0 Å². The highest BCUT2D eigenvalue weighted by Gasteiger charge is 2.14. The Labute approximate surface area is 185 Å². The van der Waals surface area contributed by atoms with Crippen LogP contribution in [0.25, 0.3) is 11.1 Å².